The van der Waals surface area contributed by atoms with Crippen molar-refractivity contribution in [2.75, 3.05) is 20.1 Å². The minimum atomic E-state index is -0.146. The molecule has 0 saturated carbocycles. The van der Waals surface area contributed by atoms with Crippen LogP contribution in [-0.4, -0.2) is 46.1 Å². The van der Waals surface area contributed by atoms with Gasteiger partial charge in [-0.15, -0.1) is 5.10 Å². The number of hydrogen-bond acceptors (Lipinski definition) is 5. The van der Waals surface area contributed by atoms with Gasteiger partial charge in [-0.25, -0.2) is 0 Å². The lowest BCUT2D eigenvalue weighted by Crippen LogP contribution is -2.51. The molecule has 0 spiro atoms. The Hall–Kier alpha value is -1.01. The molecule has 0 aromatic carbocycles. The topological polar surface area (TPSA) is 58.1 Å². The van der Waals surface area contributed by atoms with Crippen molar-refractivity contribution in [3.63, 3.8) is 0 Å². The van der Waals surface area contributed by atoms with Crippen LogP contribution in [-0.2, 0) is 5.41 Å². The van der Waals surface area contributed by atoms with Gasteiger partial charge in [-0.1, -0.05) is 25.3 Å². The molecule has 1 aliphatic rings. The van der Waals surface area contributed by atoms with Crippen molar-refractivity contribution < 1.29 is 4.79 Å². The zero-order valence-electron chi connectivity index (χ0n) is 13.0. The van der Waals surface area contributed by atoms with Gasteiger partial charge in [0.05, 0.1) is 5.69 Å². The van der Waals surface area contributed by atoms with Crippen molar-refractivity contribution in [3.8, 4) is 0 Å². The molecular weight excluding hydrogens is 272 g/mol. The summed E-state index contributed by atoms with van der Waals surface area (Å²) >= 11 is 1.22. The molecule has 112 valence electrons. The molecular formula is C14H24N4OS. The van der Waals surface area contributed by atoms with Crippen LogP contribution in [0.25, 0.3) is 0 Å². The smallest absolute Gasteiger partial charge is 0.267 e. The molecule has 2 heterocycles. The maximum Gasteiger partial charge on any atom is 0.267 e. The van der Waals surface area contributed by atoms with Gasteiger partial charge in [-0.05, 0) is 38.3 Å². The average molecular weight is 296 g/mol. The third kappa shape index (κ3) is 3.01. The van der Waals surface area contributed by atoms with Gasteiger partial charge in [-0.3, -0.25) is 4.79 Å². The summed E-state index contributed by atoms with van der Waals surface area (Å²) in [6.07, 6.45) is 1.96. The highest BCUT2D eigenvalue weighted by molar-refractivity contribution is 7.08. The number of likely N-dealkylation sites (tertiary alicyclic amines) is 1. The predicted molar refractivity (Wildman–Crippen MR) is 81.2 cm³/mol. The Balaban J connectivity index is 2.12. The van der Waals surface area contributed by atoms with Gasteiger partial charge in [0.2, 0.25) is 0 Å². The van der Waals surface area contributed by atoms with E-state index in [1.54, 1.807) is 0 Å². The SMILES string of the molecule is CNC1(C)CCN(C(=O)c2snnc2C(C)(C)C)CC1. The number of carbonyl (C=O) groups is 1. The van der Waals surface area contributed by atoms with Crippen LogP contribution >= 0.6 is 11.5 Å². The Morgan fingerprint density at radius 2 is 1.95 bits per heavy atom. The maximum absolute atomic E-state index is 12.7. The van der Waals surface area contributed by atoms with E-state index < -0.39 is 0 Å². The van der Waals surface area contributed by atoms with Crippen molar-refractivity contribution in [1.82, 2.24) is 19.8 Å². The quantitative estimate of drug-likeness (QED) is 0.907. The van der Waals surface area contributed by atoms with Gasteiger partial charge in [0, 0.05) is 24.0 Å². The van der Waals surface area contributed by atoms with Crippen LogP contribution in [0.1, 0.15) is 55.9 Å². The highest BCUT2D eigenvalue weighted by Gasteiger charge is 2.34. The van der Waals surface area contributed by atoms with Crippen LogP contribution in [0.3, 0.4) is 0 Å². The number of hydrogen-bond donors (Lipinski definition) is 1. The van der Waals surface area contributed by atoms with Crippen LogP contribution in [0.5, 0.6) is 0 Å². The first-order valence-electron chi connectivity index (χ1n) is 7.08. The molecule has 0 bridgehead atoms. The van der Waals surface area contributed by atoms with E-state index in [1.807, 2.05) is 11.9 Å². The summed E-state index contributed by atoms with van der Waals surface area (Å²) in [5.74, 6) is 0.0862. The molecule has 2 rings (SSSR count). The van der Waals surface area contributed by atoms with Crippen molar-refractivity contribution in [3.05, 3.63) is 10.6 Å². The molecule has 0 radical (unpaired) electrons. The summed E-state index contributed by atoms with van der Waals surface area (Å²) in [5.41, 5.74) is 0.817. The highest BCUT2D eigenvalue weighted by atomic mass is 32.1. The molecule has 1 amide bonds. The normalized spacial score (nSPS) is 19.1. The summed E-state index contributed by atoms with van der Waals surface area (Å²) in [6.45, 7) is 9.98. The fraction of sp³-hybridized carbons (Fsp3) is 0.786. The first-order valence-corrected chi connectivity index (χ1v) is 7.85. The lowest BCUT2D eigenvalue weighted by atomic mass is 9.89. The van der Waals surface area contributed by atoms with Crippen molar-refractivity contribution in [2.45, 2.75) is 51.5 Å². The number of aromatic nitrogens is 2. The van der Waals surface area contributed by atoms with Crippen LogP contribution in [0.4, 0.5) is 0 Å². The van der Waals surface area contributed by atoms with Gasteiger partial charge in [0.15, 0.2) is 0 Å². The number of carbonyl (C=O) groups excluding carboxylic acids is 1. The Bertz CT molecular complexity index is 484. The second kappa shape index (κ2) is 5.41. The van der Waals surface area contributed by atoms with Crippen molar-refractivity contribution in [2.24, 2.45) is 0 Å². The number of amides is 1. The van der Waals surface area contributed by atoms with Crippen LogP contribution < -0.4 is 5.32 Å². The molecule has 1 saturated heterocycles. The van der Waals surface area contributed by atoms with E-state index in [0.717, 1.165) is 31.6 Å². The molecule has 1 fully saturated rings. The van der Waals surface area contributed by atoms with Gasteiger partial charge in [0.25, 0.3) is 5.91 Å². The second-order valence-electron chi connectivity index (χ2n) is 6.80. The Morgan fingerprint density at radius 3 is 2.45 bits per heavy atom. The molecule has 20 heavy (non-hydrogen) atoms. The molecule has 6 heteroatoms. The van der Waals surface area contributed by atoms with Gasteiger partial charge in [0.1, 0.15) is 4.88 Å². The van der Waals surface area contributed by atoms with Gasteiger partial charge >= 0.3 is 0 Å². The van der Waals surface area contributed by atoms with E-state index in [2.05, 4.69) is 42.6 Å². The van der Waals surface area contributed by atoms with E-state index in [0.29, 0.717) is 4.88 Å². The predicted octanol–water partition coefficient (Wildman–Crippen LogP) is 2.05. The molecule has 1 aliphatic heterocycles. The largest absolute Gasteiger partial charge is 0.338 e. The number of nitrogens with zero attached hydrogens (tertiary/aromatic N) is 3. The van der Waals surface area contributed by atoms with Gasteiger partial charge < -0.3 is 10.2 Å². The Kier molecular flexibility index (Phi) is 4.16. The highest BCUT2D eigenvalue weighted by Crippen LogP contribution is 2.29. The zero-order chi connectivity index (χ0) is 15.0. The first-order chi connectivity index (χ1) is 9.27. The van der Waals surface area contributed by atoms with E-state index in [9.17, 15) is 4.79 Å². The van der Waals surface area contributed by atoms with Crippen molar-refractivity contribution in [1.29, 1.82) is 0 Å². The number of piperidine rings is 1. The van der Waals surface area contributed by atoms with Crippen LogP contribution in [0.2, 0.25) is 0 Å². The lowest BCUT2D eigenvalue weighted by Gasteiger charge is -2.39. The average Bonchev–Trinajstić information content (AvgIpc) is 2.88. The molecule has 1 aromatic heterocycles. The number of rotatable bonds is 2. The molecule has 0 unspecified atom stereocenters. The zero-order valence-corrected chi connectivity index (χ0v) is 13.8. The van der Waals surface area contributed by atoms with Gasteiger partial charge in [-0.2, -0.15) is 0 Å². The fourth-order valence-electron chi connectivity index (χ4n) is 2.42. The maximum atomic E-state index is 12.7. The van der Waals surface area contributed by atoms with E-state index in [-0.39, 0.29) is 16.9 Å². The summed E-state index contributed by atoms with van der Waals surface area (Å²) in [4.78, 5) is 15.3. The number of nitrogens with one attached hydrogen (secondary N) is 1. The standard InChI is InChI=1S/C14H24N4OS/c1-13(2,3)11-10(20-17-16-11)12(19)18-8-6-14(4,15-5)7-9-18/h15H,6-9H2,1-5H3. The summed E-state index contributed by atoms with van der Waals surface area (Å²) in [6, 6.07) is 0. The third-order valence-corrected chi connectivity index (χ3v) is 4.86. The molecule has 1 aromatic rings. The fourth-order valence-corrected chi connectivity index (χ4v) is 3.26. The summed E-state index contributed by atoms with van der Waals surface area (Å²) < 4.78 is 3.98. The third-order valence-electron chi connectivity index (χ3n) is 4.15. The molecule has 5 nitrogen and oxygen atoms in total. The Morgan fingerprint density at radius 1 is 1.35 bits per heavy atom. The van der Waals surface area contributed by atoms with E-state index in [1.165, 1.54) is 11.5 Å². The minimum Gasteiger partial charge on any atom is -0.338 e. The Labute approximate surface area is 124 Å². The lowest BCUT2D eigenvalue weighted by molar-refractivity contribution is 0.0664. The molecule has 0 aliphatic carbocycles. The first kappa shape index (κ1) is 15.4. The second-order valence-corrected chi connectivity index (χ2v) is 7.56. The van der Waals surface area contributed by atoms with E-state index >= 15 is 0 Å². The molecule has 1 N–H and O–H groups in total. The summed E-state index contributed by atoms with van der Waals surface area (Å²) in [7, 11) is 1.99. The van der Waals surface area contributed by atoms with Crippen LogP contribution in [0, 0.1) is 0 Å². The van der Waals surface area contributed by atoms with Crippen molar-refractivity contribution >= 4 is 17.4 Å². The molecule has 0 atom stereocenters. The van der Waals surface area contributed by atoms with E-state index in [4.69, 9.17) is 0 Å². The monoisotopic (exact) mass is 296 g/mol. The summed E-state index contributed by atoms with van der Waals surface area (Å²) in [5, 5.41) is 7.51. The van der Waals surface area contributed by atoms with Crippen LogP contribution in [0.15, 0.2) is 0 Å². The minimum absolute atomic E-state index is 0.0862.